The van der Waals surface area contributed by atoms with Gasteiger partial charge in [0, 0.05) is 12.0 Å². The quantitative estimate of drug-likeness (QED) is 0.489. The number of nitrogens with one attached hydrogen (secondary N) is 1. The standard InChI is InChI=1S/C25H27NO3/c1-18-6-2-11-22(14-18)24(27)17-26-13-5-8-19-7-3-9-20(15-19)21-10-4-12-23(16-21)25(28)29/h2-4,6-7,9-12,14-16,24,26-27H,5,8,13,17H2,1H3,(H,28,29)/t24-/m0/s1/i3D,4D,5D2,7D,9D,10D,12D,15D,16D,17D2. The van der Waals surface area contributed by atoms with Crippen LogP contribution in [0.2, 0.25) is 0 Å². The molecule has 0 aliphatic heterocycles. The Kier molecular flexibility index (Phi) is 3.52. The molecule has 3 N–H and O–H groups in total. The third kappa shape index (κ3) is 6.01. The number of aliphatic hydroxyl groups is 1. The molecule has 0 unspecified atom stereocenters. The number of carbonyl (C=O) groups is 1. The van der Waals surface area contributed by atoms with E-state index in [2.05, 4.69) is 5.32 Å². The minimum absolute atomic E-state index is 0.255. The van der Waals surface area contributed by atoms with Gasteiger partial charge in [-0.2, -0.15) is 0 Å². The number of aliphatic hydroxyl groups excluding tert-OH is 1. The zero-order chi connectivity index (χ0) is 31.2. The maximum absolute atomic E-state index is 11.7. The normalized spacial score (nSPS) is 18.8. The number of rotatable bonds is 9. The van der Waals surface area contributed by atoms with Crippen molar-refractivity contribution in [3.05, 3.63) is 94.9 Å². The van der Waals surface area contributed by atoms with Crippen LogP contribution in [0.15, 0.2) is 72.6 Å². The summed E-state index contributed by atoms with van der Waals surface area (Å²) < 4.78 is 99.1. The third-order valence-corrected chi connectivity index (χ3v) is 3.88. The monoisotopic (exact) mass is 401 g/mol. The topological polar surface area (TPSA) is 69.6 Å². The molecular formula is C25H27NO3. The van der Waals surface area contributed by atoms with E-state index < -0.39 is 109 Å². The summed E-state index contributed by atoms with van der Waals surface area (Å²) in [6.07, 6.45) is -4.81. The second-order valence-electron chi connectivity index (χ2n) is 6.15. The Morgan fingerprint density at radius 1 is 1.17 bits per heavy atom. The second-order valence-corrected chi connectivity index (χ2v) is 6.15. The number of hydrogen-bond acceptors (Lipinski definition) is 3. The highest BCUT2D eigenvalue weighted by molar-refractivity contribution is 5.89. The van der Waals surface area contributed by atoms with Gasteiger partial charge in [0.15, 0.2) is 0 Å². The summed E-state index contributed by atoms with van der Waals surface area (Å²) in [7, 11) is 0. The molecule has 0 aliphatic carbocycles. The van der Waals surface area contributed by atoms with Crippen molar-refractivity contribution in [3.8, 4) is 11.1 Å². The van der Waals surface area contributed by atoms with Crippen molar-refractivity contribution in [2.75, 3.05) is 13.0 Å². The summed E-state index contributed by atoms with van der Waals surface area (Å²) in [5.74, 6) is -1.75. The molecule has 150 valence electrons. The number of carboxylic acids is 1. The summed E-state index contributed by atoms with van der Waals surface area (Å²) >= 11 is 0. The average Bonchev–Trinajstić information content (AvgIpc) is 2.89. The SMILES string of the molecule is [2H]c1c([2H])c(CC([2H])([2H])CNC([2H])([2H])[C@H](O)c2cccc(C)c2)c([2H])c(-c2c([2H])c([2H])c([2H])c(C(=O)O)c2[2H])c1[2H]. The second kappa shape index (κ2) is 10.0. The summed E-state index contributed by atoms with van der Waals surface area (Å²) in [5, 5.41) is 22.4. The van der Waals surface area contributed by atoms with Crippen molar-refractivity contribution >= 4 is 5.97 Å². The van der Waals surface area contributed by atoms with Gasteiger partial charge < -0.3 is 15.5 Å². The molecule has 0 radical (unpaired) electrons. The van der Waals surface area contributed by atoms with Crippen LogP contribution in [0, 0.1) is 6.92 Å². The Morgan fingerprint density at radius 3 is 2.69 bits per heavy atom. The molecule has 0 bridgehead atoms. The number of hydrogen-bond donors (Lipinski definition) is 3. The van der Waals surface area contributed by atoms with Crippen LogP contribution in [0.3, 0.4) is 0 Å². The van der Waals surface area contributed by atoms with E-state index >= 15 is 0 Å². The zero-order valence-corrected chi connectivity index (χ0v) is 15.6. The van der Waals surface area contributed by atoms with Crippen molar-refractivity contribution in [1.29, 1.82) is 0 Å². The number of benzene rings is 3. The van der Waals surface area contributed by atoms with Gasteiger partial charge in [-0.1, -0.05) is 66.1 Å². The first kappa shape index (κ1) is 10.2. The molecule has 0 saturated heterocycles. The molecule has 0 fully saturated rings. The van der Waals surface area contributed by atoms with Gasteiger partial charge in [-0.15, -0.1) is 0 Å². The third-order valence-electron chi connectivity index (χ3n) is 3.88. The van der Waals surface area contributed by atoms with Crippen molar-refractivity contribution < 1.29 is 31.5 Å². The van der Waals surface area contributed by atoms with Crippen LogP contribution < -0.4 is 5.32 Å². The molecule has 1 atom stereocenters. The lowest BCUT2D eigenvalue weighted by Crippen LogP contribution is -2.22. The largest absolute Gasteiger partial charge is 0.478 e. The minimum Gasteiger partial charge on any atom is -0.478 e. The van der Waals surface area contributed by atoms with E-state index in [1.165, 1.54) is 6.07 Å². The first-order valence-corrected chi connectivity index (χ1v) is 8.75. The molecule has 3 aromatic carbocycles. The molecule has 4 heteroatoms. The Bertz CT molecular complexity index is 1530. The van der Waals surface area contributed by atoms with Crippen molar-refractivity contribution in [3.63, 3.8) is 0 Å². The lowest BCUT2D eigenvalue weighted by molar-refractivity contribution is 0.0697. The van der Waals surface area contributed by atoms with Gasteiger partial charge >= 0.3 is 5.97 Å². The highest BCUT2D eigenvalue weighted by atomic mass is 16.4. The number of aryl methyl sites for hydroxylation is 1. The van der Waals surface area contributed by atoms with Crippen LogP contribution in [0.4, 0.5) is 0 Å². The highest BCUT2D eigenvalue weighted by Crippen LogP contribution is 2.22. The molecule has 0 amide bonds. The predicted octanol–water partition coefficient (Wildman–Crippen LogP) is 4.62. The van der Waals surface area contributed by atoms with E-state index in [1.54, 1.807) is 25.1 Å². The van der Waals surface area contributed by atoms with Crippen molar-refractivity contribution in [2.24, 2.45) is 0 Å². The molecule has 0 aromatic heterocycles. The first-order valence-electron chi connectivity index (χ1n) is 14.7. The predicted molar refractivity (Wildman–Crippen MR) is 116 cm³/mol. The zero-order valence-electron chi connectivity index (χ0n) is 27.6. The first-order chi connectivity index (χ1) is 18.8. The lowest BCUT2D eigenvalue weighted by Gasteiger charge is -2.13. The molecular weight excluding hydrogens is 362 g/mol. The Morgan fingerprint density at radius 2 is 1.93 bits per heavy atom. The van der Waals surface area contributed by atoms with Crippen LogP contribution in [0.25, 0.3) is 11.1 Å². The van der Waals surface area contributed by atoms with Gasteiger partial charge in [-0.25, -0.2) is 4.79 Å². The fourth-order valence-corrected chi connectivity index (χ4v) is 2.49. The van der Waals surface area contributed by atoms with Gasteiger partial charge in [0.1, 0.15) is 0 Å². The maximum Gasteiger partial charge on any atom is 0.335 e. The molecule has 0 aliphatic rings. The summed E-state index contributed by atoms with van der Waals surface area (Å²) in [6, 6.07) is -0.137. The Hall–Kier alpha value is -2.95. The smallest absolute Gasteiger partial charge is 0.335 e. The maximum atomic E-state index is 11.7. The van der Waals surface area contributed by atoms with E-state index in [9.17, 15) is 15.0 Å². The van der Waals surface area contributed by atoms with E-state index in [0.717, 1.165) is 5.56 Å². The van der Waals surface area contributed by atoms with E-state index in [4.69, 9.17) is 16.4 Å². The van der Waals surface area contributed by atoms with Crippen LogP contribution in [-0.4, -0.2) is 29.2 Å². The molecule has 0 saturated carbocycles. The van der Waals surface area contributed by atoms with E-state index in [-0.39, 0.29) is 5.56 Å². The summed E-state index contributed by atoms with van der Waals surface area (Å²) in [5.41, 5.74) is -1.65. The van der Waals surface area contributed by atoms with E-state index in [1.807, 2.05) is 0 Å². The molecule has 4 nitrogen and oxygen atoms in total. The lowest BCUT2D eigenvalue weighted by atomic mass is 9.99. The molecule has 29 heavy (non-hydrogen) atoms. The number of carboxylic acid groups (broad SMARTS) is 1. The Labute approximate surface area is 188 Å². The highest BCUT2D eigenvalue weighted by Gasteiger charge is 2.07. The van der Waals surface area contributed by atoms with E-state index in [0.29, 0.717) is 0 Å². The van der Waals surface area contributed by atoms with Gasteiger partial charge in [0.2, 0.25) is 0 Å². The van der Waals surface area contributed by atoms with Crippen molar-refractivity contribution in [2.45, 2.75) is 25.8 Å². The van der Waals surface area contributed by atoms with Crippen molar-refractivity contribution in [1.82, 2.24) is 5.32 Å². The van der Waals surface area contributed by atoms with Gasteiger partial charge in [-0.05, 0) is 60.6 Å². The van der Waals surface area contributed by atoms with Gasteiger partial charge in [0.25, 0.3) is 0 Å². The van der Waals surface area contributed by atoms with Gasteiger partial charge in [0.05, 0.1) is 22.6 Å². The molecule has 0 spiro atoms. The fourth-order valence-electron chi connectivity index (χ4n) is 2.49. The summed E-state index contributed by atoms with van der Waals surface area (Å²) in [6.45, 7) is -1.46. The fraction of sp³-hybridized carbons (Fsp3) is 0.240. The van der Waals surface area contributed by atoms with Gasteiger partial charge in [-0.3, -0.25) is 0 Å². The summed E-state index contributed by atoms with van der Waals surface area (Å²) in [4.78, 5) is 11.7. The van der Waals surface area contributed by atoms with Crippen LogP contribution >= 0.6 is 0 Å². The Balaban J connectivity index is 2.05. The number of aromatic carboxylic acids is 1. The average molecular weight is 402 g/mol. The molecule has 0 heterocycles. The van der Waals surface area contributed by atoms with Crippen LogP contribution in [0.5, 0.6) is 0 Å². The van der Waals surface area contributed by atoms with Crippen LogP contribution in [-0.2, 0) is 6.42 Å². The molecule has 3 aromatic rings. The molecule has 3 rings (SSSR count). The minimum atomic E-state index is -2.50. The van der Waals surface area contributed by atoms with Crippen LogP contribution in [0.1, 0.15) is 56.0 Å².